The second kappa shape index (κ2) is 4.71. The molecule has 1 rings (SSSR count). The molecule has 4 heteroatoms. The highest BCUT2D eigenvalue weighted by Crippen LogP contribution is 2.39. The summed E-state index contributed by atoms with van der Waals surface area (Å²) < 4.78 is 50.9. The molecule has 0 amide bonds. The van der Waals surface area contributed by atoms with Gasteiger partial charge in [-0.2, -0.15) is 8.78 Å². The van der Waals surface area contributed by atoms with Gasteiger partial charge in [0, 0.05) is 13.3 Å². The Kier molecular flexibility index (Phi) is 4.01. The third-order valence-corrected chi connectivity index (χ3v) is 3.23. The summed E-state index contributed by atoms with van der Waals surface area (Å²) in [6, 6.07) is 0. The van der Waals surface area contributed by atoms with E-state index in [0.717, 1.165) is 32.1 Å². The molecule has 0 unspecified atom stereocenters. The van der Waals surface area contributed by atoms with Crippen molar-refractivity contribution in [2.45, 2.75) is 63.7 Å². The van der Waals surface area contributed by atoms with Gasteiger partial charge in [0.1, 0.15) is 0 Å². The first kappa shape index (κ1) is 12.8. The van der Waals surface area contributed by atoms with Crippen LogP contribution < -0.4 is 0 Å². The van der Waals surface area contributed by atoms with E-state index in [4.69, 9.17) is 0 Å². The summed E-state index contributed by atoms with van der Waals surface area (Å²) in [6.45, 7) is 0.299. The zero-order valence-electron chi connectivity index (χ0n) is 9.04. The Morgan fingerprint density at radius 2 is 1.53 bits per heavy atom. The molecule has 0 radical (unpaired) electrons. The molecule has 15 heavy (non-hydrogen) atoms. The number of hydrogen-bond acceptors (Lipinski definition) is 0. The van der Waals surface area contributed by atoms with Gasteiger partial charge in [-0.05, 0) is 12.3 Å². The molecule has 0 aliphatic heterocycles. The third-order valence-electron chi connectivity index (χ3n) is 3.23. The molecular formula is C11H18F4. The molecule has 1 aliphatic rings. The van der Waals surface area contributed by atoms with Crippen LogP contribution in [0.25, 0.3) is 0 Å². The lowest BCUT2D eigenvalue weighted by Crippen LogP contribution is -2.37. The molecule has 1 fully saturated rings. The Hall–Kier alpha value is -0.280. The van der Waals surface area contributed by atoms with E-state index in [9.17, 15) is 17.6 Å². The zero-order chi connectivity index (χ0) is 11.5. The molecule has 0 atom stereocenters. The molecule has 0 aromatic carbocycles. The normalized spacial score (nSPS) is 20.6. The van der Waals surface area contributed by atoms with Gasteiger partial charge in [-0.3, -0.25) is 0 Å². The largest absolute Gasteiger partial charge is 0.309 e. The third kappa shape index (κ3) is 3.65. The van der Waals surface area contributed by atoms with Crippen molar-refractivity contribution >= 4 is 0 Å². The second-order valence-electron chi connectivity index (χ2n) is 4.64. The minimum Gasteiger partial charge on any atom is -0.200 e. The van der Waals surface area contributed by atoms with Gasteiger partial charge in [-0.1, -0.05) is 32.1 Å². The average Bonchev–Trinajstić information content (AvgIpc) is 2.15. The van der Waals surface area contributed by atoms with Crippen molar-refractivity contribution in [1.29, 1.82) is 0 Å². The Morgan fingerprint density at radius 3 is 2.00 bits per heavy atom. The highest BCUT2D eigenvalue weighted by molar-refractivity contribution is 4.81. The Balaban J connectivity index is 2.35. The van der Waals surface area contributed by atoms with E-state index in [1.807, 2.05) is 0 Å². The van der Waals surface area contributed by atoms with Crippen LogP contribution >= 0.6 is 0 Å². The van der Waals surface area contributed by atoms with E-state index < -0.39 is 18.3 Å². The lowest BCUT2D eigenvalue weighted by molar-refractivity contribution is -0.202. The lowest BCUT2D eigenvalue weighted by Gasteiger charge is -2.27. The van der Waals surface area contributed by atoms with Crippen LogP contribution in [0.15, 0.2) is 0 Å². The summed E-state index contributed by atoms with van der Waals surface area (Å²) in [5.41, 5.74) is 0. The first-order chi connectivity index (χ1) is 6.83. The fraction of sp³-hybridized carbons (Fsp3) is 1.00. The SMILES string of the molecule is CC(F)(F)C(F)(F)CCC1CCCCC1. The van der Waals surface area contributed by atoms with Crippen molar-refractivity contribution in [3.63, 3.8) is 0 Å². The van der Waals surface area contributed by atoms with Gasteiger partial charge in [0.25, 0.3) is 0 Å². The number of hydrogen-bond donors (Lipinski definition) is 0. The number of rotatable bonds is 4. The van der Waals surface area contributed by atoms with Gasteiger partial charge >= 0.3 is 11.8 Å². The van der Waals surface area contributed by atoms with Crippen LogP contribution in [0.4, 0.5) is 17.6 Å². The molecule has 0 saturated heterocycles. The van der Waals surface area contributed by atoms with Crippen molar-refractivity contribution in [3.05, 3.63) is 0 Å². The first-order valence-corrected chi connectivity index (χ1v) is 5.58. The summed E-state index contributed by atoms with van der Waals surface area (Å²) in [6.07, 6.45) is 4.66. The Morgan fingerprint density at radius 1 is 1.00 bits per heavy atom. The molecule has 0 aromatic heterocycles. The molecule has 0 N–H and O–H groups in total. The topological polar surface area (TPSA) is 0 Å². The summed E-state index contributed by atoms with van der Waals surface area (Å²) in [5.74, 6) is -7.50. The highest BCUT2D eigenvalue weighted by atomic mass is 19.3. The summed E-state index contributed by atoms with van der Waals surface area (Å²) in [4.78, 5) is 0. The molecule has 90 valence electrons. The molecule has 0 nitrogen and oxygen atoms in total. The van der Waals surface area contributed by atoms with E-state index >= 15 is 0 Å². The van der Waals surface area contributed by atoms with Crippen molar-refractivity contribution in [2.75, 3.05) is 0 Å². The lowest BCUT2D eigenvalue weighted by atomic mass is 9.85. The van der Waals surface area contributed by atoms with E-state index in [-0.39, 0.29) is 12.3 Å². The Bertz CT molecular complexity index is 189. The predicted molar refractivity (Wildman–Crippen MR) is 51.4 cm³/mol. The van der Waals surface area contributed by atoms with E-state index in [1.165, 1.54) is 0 Å². The summed E-state index contributed by atoms with van der Waals surface area (Å²) in [5, 5.41) is 0. The molecule has 0 aromatic rings. The maximum absolute atomic E-state index is 12.9. The monoisotopic (exact) mass is 226 g/mol. The van der Waals surface area contributed by atoms with Crippen LogP contribution in [0.5, 0.6) is 0 Å². The van der Waals surface area contributed by atoms with Gasteiger partial charge < -0.3 is 0 Å². The first-order valence-electron chi connectivity index (χ1n) is 5.58. The molecular weight excluding hydrogens is 208 g/mol. The molecule has 0 bridgehead atoms. The van der Waals surface area contributed by atoms with Crippen molar-refractivity contribution in [2.24, 2.45) is 5.92 Å². The summed E-state index contributed by atoms with van der Waals surface area (Å²) >= 11 is 0. The van der Waals surface area contributed by atoms with Gasteiger partial charge in [-0.15, -0.1) is 0 Å². The maximum Gasteiger partial charge on any atom is 0.309 e. The summed E-state index contributed by atoms with van der Waals surface area (Å²) in [7, 11) is 0. The maximum atomic E-state index is 12.9. The van der Waals surface area contributed by atoms with Crippen LogP contribution in [0.1, 0.15) is 51.9 Å². The van der Waals surface area contributed by atoms with Crippen molar-refractivity contribution < 1.29 is 17.6 Å². The van der Waals surface area contributed by atoms with Crippen LogP contribution in [0.2, 0.25) is 0 Å². The van der Waals surface area contributed by atoms with E-state index in [1.54, 1.807) is 0 Å². The van der Waals surface area contributed by atoms with E-state index in [0.29, 0.717) is 6.92 Å². The Labute approximate surface area is 88.0 Å². The van der Waals surface area contributed by atoms with E-state index in [2.05, 4.69) is 0 Å². The van der Waals surface area contributed by atoms with Crippen LogP contribution in [0, 0.1) is 5.92 Å². The average molecular weight is 226 g/mol. The van der Waals surface area contributed by atoms with Crippen molar-refractivity contribution in [1.82, 2.24) is 0 Å². The molecule has 1 aliphatic carbocycles. The quantitative estimate of drug-likeness (QED) is 0.613. The smallest absolute Gasteiger partial charge is 0.200 e. The fourth-order valence-corrected chi connectivity index (χ4v) is 2.08. The van der Waals surface area contributed by atoms with Crippen LogP contribution in [0.3, 0.4) is 0 Å². The minimum atomic E-state index is -3.89. The minimum absolute atomic E-state index is 0.229. The van der Waals surface area contributed by atoms with Gasteiger partial charge in [0.2, 0.25) is 0 Å². The fourth-order valence-electron chi connectivity index (χ4n) is 2.08. The van der Waals surface area contributed by atoms with Gasteiger partial charge in [-0.25, -0.2) is 8.78 Å². The second-order valence-corrected chi connectivity index (χ2v) is 4.64. The van der Waals surface area contributed by atoms with Gasteiger partial charge in [0.05, 0.1) is 0 Å². The molecule has 1 saturated carbocycles. The standard InChI is InChI=1S/C11H18F4/c1-10(12,13)11(14,15)8-7-9-5-3-2-4-6-9/h9H,2-8H2,1H3. The predicted octanol–water partition coefficient (Wildman–Crippen LogP) is 4.64. The van der Waals surface area contributed by atoms with Gasteiger partial charge in [0.15, 0.2) is 0 Å². The number of alkyl halides is 4. The van der Waals surface area contributed by atoms with Crippen LogP contribution in [-0.2, 0) is 0 Å². The zero-order valence-corrected chi connectivity index (χ0v) is 9.04. The van der Waals surface area contributed by atoms with Crippen LogP contribution in [-0.4, -0.2) is 11.8 Å². The van der Waals surface area contributed by atoms with Crippen molar-refractivity contribution in [3.8, 4) is 0 Å². The molecule has 0 heterocycles. The molecule has 0 spiro atoms. The number of halogens is 4. The highest BCUT2D eigenvalue weighted by Gasteiger charge is 2.51.